The number of rotatable bonds is 4. The Bertz CT molecular complexity index is 525. The third-order valence-electron chi connectivity index (χ3n) is 3.19. The minimum atomic E-state index is 0.300. The fourth-order valence-corrected chi connectivity index (χ4v) is 2.83. The third kappa shape index (κ3) is 2.40. The molecule has 0 saturated carbocycles. The number of ether oxygens (including phenoxy) is 1. The molecular weight excluding hydrogens is 244 g/mol. The van der Waals surface area contributed by atoms with Gasteiger partial charge in [-0.15, -0.1) is 11.3 Å². The summed E-state index contributed by atoms with van der Waals surface area (Å²) in [6, 6.07) is 6.75. The van der Waals surface area contributed by atoms with Crippen LogP contribution in [0, 0.1) is 0 Å². The Hall–Kier alpha value is -1.39. The average Bonchev–Trinajstić information content (AvgIpc) is 3.05. The average molecular weight is 260 g/mol. The van der Waals surface area contributed by atoms with Gasteiger partial charge >= 0.3 is 0 Å². The fourth-order valence-electron chi connectivity index (χ4n) is 2.16. The third-order valence-corrected chi connectivity index (χ3v) is 4.15. The molecule has 1 aliphatic heterocycles. The molecule has 2 heterocycles. The van der Waals surface area contributed by atoms with E-state index in [4.69, 9.17) is 4.74 Å². The van der Waals surface area contributed by atoms with Crippen LogP contribution in [-0.4, -0.2) is 11.6 Å². The van der Waals surface area contributed by atoms with Crippen molar-refractivity contribution >= 4 is 11.3 Å². The molecular formula is C14H16N2OS. The molecule has 1 unspecified atom stereocenters. The maximum Gasteiger partial charge on any atom is 0.122 e. The maximum atomic E-state index is 5.51. The monoisotopic (exact) mass is 260 g/mol. The van der Waals surface area contributed by atoms with Gasteiger partial charge in [0.2, 0.25) is 0 Å². The number of aromatic nitrogens is 1. The highest BCUT2D eigenvalue weighted by Crippen LogP contribution is 2.26. The summed E-state index contributed by atoms with van der Waals surface area (Å²) in [6.45, 7) is 3.84. The van der Waals surface area contributed by atoms with Gasteiger partial charge in [-0.05, 0) is 24.1 Å². The number of nitrogens with one attached hydrogen (secondary N) is 1. The lowest BCUT2D eigenvalue weighted by Gasteiger charge is -2.11. The standard InChI is InChI=1S/C14H16N2OS/c1-10(14-15-5-7-18-14)16-9-11-2-3-13-12(8-11)4-6-17-13/h2-3,5,7-8,10,16H,4,6,9H2,1H3. The largest absolute Gasteiger partial charge is 0.493 e. The van der Waals surface area contributed by atoms with Crippen LogP contribution < -0.4 is 10.1 Å². The second kappa shape index (κ2) is 5.08. The van der Waals surface area contributed by atoms with E-state index in [1.165, 1.54) is 11.1 Å². The van der Waals surface area contributed by atoms with E-state index in [0.29, 0.717) is 6.04 Å². The molecule has 94 valence electrons. The zero-order valence-electron chi connectivity index (χ0n) is 10.3. The van der Waals surface area contributed by atoms with Gasteiger partial charge in [0.1, 0.15) is 10.8 Å². The summed E-state index contributed by atoms with van der Waals surface area (Å²) in [5.74, 6) is 1.05. The Morgan fingerprint density at radius 1 is 1.50 bits per heavy atom. The zero-order valence-corrected chi connectivity index (χ0v) is 11.2. The van der Waals surface area contributed by atoms with Crippen molar-refractivity contribution in [2.45, 2.75) is 25.9 Å². The number of nitrogens with zero attached hydrogens (tertiary/aromatic N) is 1. The minimum Gasteiger partial charge on any atom is -0.493 e. The molecule has 4 heteroatoms. The van der Waals surface area contributed by atoms with Gasteiger partial charge in [0.15, 0.2) is 0 Å². The van der Waals surface area contributed by atoms with Crippen molar-refractivity contribution in [3.63, 3.8) is 0 Å². The van der Waals surface area contributed by atoms with Gasteiger partial charge in [-0.1, -0.05) is 12.1 Å². The topological polar surface area (TPSA) is 34.1 Å². The Labute approximate surface area is 111 Å². The van der Waals surface area contributed by atoms with E-state index in [9.17, 15) is 0 Å². The molecule has 1 N–H and O–H groups in total. The van der Waals surface area contributed by atoms with Crippen LogP contribution in [0.2, 0.25) is 0 Å². The molecule has 1 aliphatic rings. The van der Waals surface area contributed by atoms with Crippen LogP contribution in [0.3, 0.4) is 0 Å². The first-order chi connectivity index (χ1) is 8.83. The molecule has 0 saturated heterocycles. The van der Waals surface area contributed by atoms with Crippen molar-refractivity contribution in [3.8, 4) is 5.75 Å². The van der Waals surface area contributed by atoms with Crippen molar-refractivity contribution in [2.24, 2.45) is 0 Å². The minimum absolute atomic E-state index is 0.300. The SMILES string of the molecule is CC(NCc1ccc2c(c1)CCO2)c1nccs1. The molecule has 0 bridgehead atoms. The number of hydrogen-bond acceptors (Lipinski definition) is 4. The Kier molecular flexibility index (Phi) is 3.30. The van der Waals surface area contributed by atoms with E-state index in [1.54, 1.807) is 11.3 Å². The summed E-state index contributed by atoms with van der Waals surface area (Å²) in [5.41, 5.74) is 2.64. The summed E-state index contributed by atoms with van der Waals surface area (Å²) in [6.07, 6.45) is 2.89. The van der Waals surface area contributed by atoms with Gasteiger partial charge in [0.25, 0.3) is 0 Å². The Morgan fingerprint density at radius 3 is 3.28 bits per heavy atom. The molecule has 0 spiro atoms. The molecule has 0 amide bonds. The van der Waals surface area contributed by atoms with Crippen LogP contribution in [0.5, 0.6) is 5.75 Å². The molecule has 1 atom stereocenters. The van der Waals surface area contributed by atoms with Crippen molar-refractivity contribution in [3.05, 3.63) is 45.9 Å². The summed E-state index contributed by atoms with van der Waals surface area (Å²) < 4.78 is 5.51. The Balaban J connectivity index is 1.63. The van der Waals surface area contributed by atoms with Gasteiger partial charge < -0.3 is 10.1 Å². The fraction of sp³-hybridized carbons (Fsp3) is 0.357. The first kappa shape index (κ1) is 11.7. The summed E-state index contributed by atoms with van der Waals surface area (Å²) >= 11 is 1.69. The smallest absolute Gasteiger partial charge is 0.122 e. The number of thiazole rings is 1. The summed E-state index contributed by atoms with van der Waals surface area (Å²) in [4.78, 5) is 4.32. The molecule has 2 aromatic rings. The second-order valence-corrected chi connectivity index (χ2v) is 5.44. The van der Waals surface area contributed by atoms with Crippen LogP contribution in [0.4, 0.5) is 0 Å². The van der Waals surface area contributed by atoms with E-state index in [1.807, 2.05) is 11.6 Å². The molecule has 0 radical (unpaired) electrons. The van der Waals surface area contributed by atoms with Gasteiger partial charge in [-0.2, -0.15) is 0 Å². The van der Waals surface area contributed by atoms with Gasteiger partial charge in [0.05, 0.1) is 12.6 Å². The first-order valence-corrected chi connectivity index (χ1v) is 7.08. The van der Waals surface area contributed by atoms with Crippen LogP contribution in [0.25, 0.3) is 0 Å². The van der Waals surface area contributed by atoms with Crippen LogP contribution >= 0.6 is 11.3 Å². The first-order valence-electron chi connectivity index (χ1n) is 6.20. The predicted octanol–water partition coefficient (Wildman–Crippen LogP) is 2.93. The Morgan fingerprint density at radius 2 is 2.44 bits per heavy atom. The summed E-state index contributed by atoms with van der Waals surface area (Å²) in [7, 11) is 0. The van der Waals surface area contributed by atoms with Crippen molar-refractivity contribution in [2.75, 3.05) is 6.61 Å². The quantitative estimate of drug-likeness (QED) is 0.917. The van der Waals surface area contributed by atoms with E-state index >= 15 is 0 Å². The number of hydrogen-bond donors (Lipinski definition) is 1. The molecule has 18 heavy (non-hydrogen) atoms. The number of fused-ring (bicyclic) bond motifs is 1. The van der Waals surface area contributed by atoms with Crippen molar-refractivity contribution in [1.29, 1.82) is 0 Å². The van der Waals surface area contributed by atoms with Crippen LogP contribution in [-0.2, 0) is 13.0 Å². The molecule has 1 aromatic heterocycles. The zero-order chi connectivity index (χ0) is 12.4. The van der Waals surface area contributed by atoms with E-state index < -0.39 is 0 Å². The normalized spacial score (nSPS) is 15.2. The van der Waals surface area contributed by atoms with E-state index in [0.717, 1.165) is 30.3 Å². The highest BCUT2D eigenvalue weighted by Gasteiger charge is 2.12. The lowest BCUT2D eigenvalue weighted by atomic mass is 10.1. The lowest BCUT2D eigenvalue weighted by molar-refractivity contribution is 0.357. The van der Waals surface area contributed by atoms with Gasteiger partial charge in [-0.25, -0.2) is 4.98 Å². The van der Waals surface area contributed by atoms with Crippen LogP contribution in [0.15, 0.2) is 29.8 Å². The second-order valence-electron chi connectivity index (χ2n) is 4.51. The van der Waals surface area contributed by atoms with Crippen molar-refractivity contribution < 1.29 is 4.74 Å². The summed E-state index contributed by atoms with van der Waals surface area (Å²) in [5, 5.41) is 6.65. The highest BCUT2D eigenvalue weighted by atomic mass is 32.1. The maximum absolute atomic E-state index is 5.51. The molecule has 3 rings (SSSR count). The molecule has 0 aliphatic carbocycles. The van der Waals surface area contributed by atoms with Gasteiger partial charge in [0, 0.05) is 24.5 Å². The van der Waals surface area contributed by atoms with Crippen LogP contribution in [0.1, 0.15) is 29.1 Å². The number of benzene rings is 1. The highest BCUT2D eigenvalue weighted by molar-refractivity contribution is 7.09. The van der Waals surface area contributed by atoms with Crippen molar-refractivity contribution in [1.82, 2.24) is 10.3 Å². The van der Waals surface area contributed by atoms with Gasteiger partial charge in [-0.3, -0.25) is 0 Å². The molecule has 1 aromatic carbocycles. The molecule has 3 nitrogen and oxygen atoms in total. The molecule has 0 fully saturated rings. The predicted molar refractivity (Wildman–Crippen MR) is 73.0 cm³/mol. The lowest BCUT2D eigenvalue weighted by Crippen LogP contribution is -2.17. The van der Waals surface area contributed by atoms with E-state index in [2.05, 4.69) is 35.4 Å². The van der Waals surface area contributed by atoms with E-state index in [-0.39, 0.29) is 0 Å².